The van der Waals surface area contributed by atoms with Gasteiger partial charge in [-0.3, -0.25) is 4.90 Å². The van der Waals surface area contributed by atoms with Crippen molar-refractivity contribution < 1.29 is 9.13 Å². The molecule has 1 saturated heterocycles. The first kappa shape index (κ1) is 22.4. The second kappa shape index (κ2) is 9.67. The van der Waals surface area contributed by atoms with E-state index in [-0.39, 0.29) is 36.7 Å². The Kier molecular flexibility index (Phi) is 9.44. The maximum Gasteiger partial charge on any atom is 0.165 e. The number of nitrogens with one attached hydrogen (secondary N) is 1. The molecule has 3 atom stereocenters. The molecule has 1 aromatic rings. The Bertz CT molecular complexity index is 488. The van der Waals surface area contributed by atoms with Crippen molar-refractivity contribution in [3.8, 4) is 5.75 Å². The molecule has 1 aromatic carbocycles. The van der Waals surface area contributed by atoms with Crippen molar-refractivity contribution in [2.75, 3.05) is 20.2 Å². The highest BCUT2D eigenvalue weighted by Crippen LogP contribution is 2.33. The summed E-state index contributed by atoms with van der Waals surface area (Å²) in [7, 11) is 1.50. The molecule has 0 bridgehead atoms. The summed E-state index contributed by atoms with van der Waals surface area (Å²) in [4.78, 5) is 2.49. The summed E-state index contributed by atoms with van der Waals surface area (Å²) in [6, 6.07) is 6.49. The largest absolute Gasteiger partial charge is 0.494 e. The van der Waals surface area contributed by atoms with E-state index in [1.807, 2.05) is 6.07 Å². The third kappa shape index (κ3) is 5.21. The van der Waals surface area contributed by atoms with Crippen molar-refractivity contribution in [2.45, 2.75) is 45.8 Å². The van der Waals surface area contributed by atoms with Gasteiger partial charge in [0.25, 0.3) is 0 Å². The van der Waals surface area contributed by atoms with E-state index in [2.05, 4.69) is 37.9 Å². The minimum Gasteiger partial charge on any atom is -0.494 e. The maximum absolute atomic E-state index is 14.1. The molecule has 23 heavy (non-hydrogen) atoms. The van der Waals surface area contributed by atoms with Crippen molar-refractivity contribution in [3.05, 3.63) is 29.6 Å². The lowest BCUT2D eigenvalue weighted by molar-refractivity contribution is 0.0695. The van der Waals surface area contributed by atoms with E-state index in [0.29, 0.717) is 23.8 Å². The summed E-state index contributed by atoms with van der Waals surface area (Å²) in [6.45, 7) is 10.8. The Balaban J connectivity index is 0.00000242. The van der Waals surface area contributed by atoms with Gasteiger partial charge in [0.15, 0.2) is 11.6 Å². The fourth-order valence-electron chi connectivity index (χ4n) is 3.26. The first-order valence-corrected chi connectivity index (χ1v) is 7.76. The van der Waals surface area contributed by atoms with Gasteiger partial charge in [0.1, 0.15) is 0 Å². The van der Waals surface area contributed by atoms with Crippen LogP contribution in [0.4, 0.5) is 4.39 Å². The lowest BCUT2D eigenvalue weighted by Crippen LogP contribution is -2.56. The smallest absolute Gasteiger partial charge is 0.165 e. The van der Waals surface area contributed by atoms with Crippen LogP contribution >= 0.6 is 24.8 Å². The lowest BCUT2D eigenvalue weighted by Gasteiger charge is -2.44. The lowest BCUT2D eigenvalue weighted by atomic mass is 9.91. The Morgan fingerprint density at radius 1 is 1.26 bits per heavy atom. The summed E-state index contributed by atoms with van der Waals surface area (Å²) in [5.41, 5.74) is 1.03. The molecule has 1 unspecified atom stereocenters. The van der Waals surface area contributed by atoms with Gasteiger partial charge >= 0.3 is 0 Å². The highest BCUT2D eigenvalue weighted by molar-refractivity contribution is 5.85. The van der Waals surface area contributed by atoms with Crippen LogP contribution in [0, 0.1) is 11.7 Å². The van der Waals surface area contributed by atoms with Crippen molar-refractivity contribution in [3.63, 3.8) is 0 Å². The minimum atomic E-state index is -0.281. The number of hydrogen-bond donors (Lipinski definition) is 1. The van der Waals surface area contributed by atoms with E-state index >= 15 is 0 Å². The summed E-state index contributed by atoms with van der Waals surface area (Å²) in [5.74, 6) is 0.449. The predicted octanol–water partition coefficient (Wildman–Crippen LogP) is 4.06. The highest BCUT2D eigenvalue weighted by Gasteiger charge is 2.31. The van der Waals surface area contributed by atoms with Crippen LogP contribution in [0.25, 0.3) is 0 Å². The number of rotatable bonds is 4. The average molecular weight is 367 g/mol. The highest BCUT2D eigenvalue weighted by atomic mass is 35.5. The first-order chi connectivity index (χ1) is 9.93. The number of ether oxygens (including phenoxy) is 1. The second-order valence-electron chi connectivity index (χ2n) is 6.44. The molecule has 134 valence electrons. The zero-order valence-corrected chi connectivity index (χ0v) is 16.1. The van der Waals surface area contributed by atoms with Crippen LogP contribution in [0.3, 0.4) is 0 Å². The second-order valence-corrected chi connectivity index (χ2v) is 6.44. The van der Waals surface area contributed by atoms with Crippen LogP contribution < -0.4 is 10.1 Å². The Hall–Kier alpha value is -0.550. The van der Waals surface area contributed by atoms with Gasteiger partial charge in [-0.15, -0.1) is 24.8 Å². The van der Waals surface area contributed by atoms with Gasteiger partial charge in [-0.1, -0.05) is 19.9 Å². The Labute approximate surface area is 151 Å². The molecule has 1 fully saturated rings. The monoisotopic (exact) mass is 366 g/mol. The summed E-state index contributed by atoms with van der Waals surface area (Å²) in [6.07, 6.45) is 0. The molecule has 3 nitrogen and oxygen atoms in total. The van der Waals surface area contributed by atoms with E-state index in [1.54, 1.807) is 12.1 Å². The van der Waals surface area contributed by atoms with Crippen molar-refractivity contribution >= 4 is 24.8 Å². The zero-order valence-electron chi connectivity index (χ0n) is 14.5. The molecular weight excluding hydrogens is 338 g/mol. The van der Waals surface area contributed by atoms with E-state index in [0.717, 1.165) is 18.7 Å². The topological polar surface area (TPSA) is 24.5 Å². The molecule has 0 aromatic heterocycles. The van der Waals surface area contributed by atoms with E-state index in [1.165, 1.54) is 7.11 Å². The third-order valence-corrected chi connectivity index (χ3v) is 4.32. The number of nitrogens with zero attached hydrogens (tertiary/aromatic N) is 1. The van der Waals surface area contributed by atoms with Crippen LogP contribution in [0.2, 0.25) is 0 Å². The van der Waals surface area contributed by atoms with Gasteiger partial charge in [-0.2, -0.15) is 0 Å². The molecule has 0 spiro atoms. The molecular formula is C17H29Cl2FN2O. The van der Waals surface area contributed by atoms with Crippen molar-refractivity contribution in [2.24, 2.45) is 5.92 Å². The average Bonchev–Trinajstić information content (AvgIpc) is 2.43. The molecule has 6 heteroatoms. The quantitative estimate of drug-likeness (QED) is 0.869. The number of piperazine rings is 1. The summed E-state index contributed by atoms with van der Waals surface area (Å²) in [5, 5.41) is 3.50. The molecule has 0 radical (unpaired) electrons. The summed E-state index contributed by atoms with van der Waals surface area (Å²) >= 11 is 0. The van der Waals surface area contributed by atoms with E-state index in [9.17, 15) is 4.39 Å². The fourth-order valence-corrected chi connectivity index (χ4v) is 3.26. The van der Waals surface area contributed by atoms with Crippen LogP contribution in [0.15, 0.2) is 18.2 Å². The van der Waals surface area contributed by atoms with Crippen molar-refractivity contribution in [1.82, 2.24) is 10.2 Å². The number of methoxy groups -OCH3 is 1. The third-order valence-electron chi connectivity index (χ3n) is 4.32. The Morgan fingerprint density at radius 3 is 2.43 bits per heavy atom. The summed E-state index contributed by atoms with van der Waals surface area (Å²) < 4.78 is 19.1. The van der Waals surface area contributed by atoms with Gasteiger partial charge in [-0.25, -0.2) is 4.39 Å². The van der Waals surface area contributed by atoms with E-state index in [4.69, 9.17) is 4.74 Å². The molecule has 0 amide bonds. The van der Waals surface area contributed by atoms with Gasteiger partial charge < -0.3 is 10.1 Å². The first-order valence-electron chi connectivity index (χ1n) is 7.76. The minimum absolute atomic E-state index is 0. The molecule has 1 aliphatic rings. The van der Waals surface area contributed by atoms with Gasteiger partial charge in [0, 0.05) is 31.2 Å². The van der Waals surface area contributed by atoms with Gasteiger partial charge in [0.2, 0.25) is 0 Å². The molecule has 2 rings (SSSR count). The van der Waals surface area contributed by atoms with Crippen LogP contribution in [0.1, 0.15) is 39.3 Å². The normalized spacial score (nSPS) is 22.9. The molecule has 1 heterocycles. The SMILES string of the molecule is COc1ccc(C(C(C)C)N2C[C@H](C)NC[C@H]2C)cc1F.Cl.Cl. The molecule has 1 aliphatic heterocycles. The van der Waals surface area contributed by atoms with Gasteiger partial charge in [-0.05, 0) is 37.5 Å². The number of hydrogen-bond acceptors (Lipinski definition) is 3. The van der Waals surface area contributed by atoms with Crippen LogP contribution in [-0.2, 0) is 0 Å². The molecule has 0 aliphatic carbocycles. The number of halogens is 3. The maximum atomic E-state index is 14.1. The zero-order chi connectivity index (χ0) is 15.6. The van der Waals surface area contributed by atoms with E-state index < -0.39 is 0 Å². The van der Waals surface area contributed by atoms with Crippen LogP contribution in [-0.4, -0.2) is 37.2 Å². The van der Waals surface area contributed by atoms with Crippen molar-refractivity contribution in [1.29, 1.82) is 0 Å². The molecule has 1 N–H and O–H groups in total. The van der Waals surface area contributed by atoms with Crippen LogP contribution in [0.5, 0.6) is 5.75 Å². The Morgan fingerprint density at radius 2 is 1.91 bits per heavy atom. The van der Waals surface area contributed by atoms with Gasteiger partial charge in [0.05, 0.1) is 7.11 Å². The fraction of sp³-hybridized carbons (Fsp3) is 0.647. The number of benzene rings is 1. The predicted molar refractivity (Wildman–Crippen MR) is 98.7 cm³/mol. The molecule has 0 saturated carbocycles. The standard InChI is InChI=1S/C17H27FN2O.2ClH/c1-11(2)17(20-10-12(3)19-9-13(20)4)14-6-7-16(21-5)15(18)8-14;;/h6-8,11-13,17,19H,9-10H2,1-5H3;2*1H/t12-,13+,17?;;/m0../s1.